The summed E-state index contributed by atoms with van der Waals surface area (Å²) in [5, 5.41) is 24.0. The molecule has 0 aliphatic heterocycles. The number of carbonyl (C=O) groups excluding carboxylic acids is 1. The lowest BCUT2D eigenvalue weighted by atomic mass is 9.94. The van der Waals surface area contributed by atoms with Crippen LogP contribution in [0.15, 0.2) is 64.5 Å². The zero-order valence-electron chi connectivity index (χ0n) is 21.8. The van der Waals surface area contributed by atoms with Gasteiger partial charge in [-0.3, -0.25) is 9.10 Å². The molecule has 210 valence electrons. The maximum absolute atomic E-state index is 13.5. The van der Waals surface area contributed by atoms with Crippen LogP contribution in [0.2, 0.25) is 0 Å². The van der Waals surface area contributed by atoms with Crippen molar-refractivity contribution in [1.29, 1.82) is 0 Å². The molecule has 0 unspecified atom stereocenters. The first kappa shape index (κ1) is 32.3. The number of allylic oxidation sites excluding steroid dienone is 2. The number of hydrogen-bond donors (Lipinski definition) is 6. The van der Waals surface area contributed by atoms with E-state index in [4.69, 9.17) is 17.2 Å². The second-order valence-corrected chi connectivity index (χ2v) is 10.7. The number of aliphatic hydroxyl groups excluding tert-OH is 2. The normalized spacial score (nSPS) is 14.6. The lowest BCUT2D eigenvalue weighted by molar-refractivity contribution is -0.123. The number of carbonyl (C=O) groups is 1. The van der Waals surface area contributed by atoms with Crippen LogP contribution in [0.5, 0.6) is 0 Å². The van der Waals surface area contributed by atoms with Crippen LogP contribution in [0.25, 0.3) is 5.70 Å². The third kappa shape index (κ3) is 10.7. The van der Waals surface area contributed by atoms with Gasteiger partial charge in [-0.05, 0) is 35.7 Å². The number of aliphatic imine (C=N–C) groups is 1. The monoisotopic (exact) mass is 553 g/mol. The Morgan fingerprint density at radius 3 is 2.29 bits per heavy atom. The van der Waals surface area contributed by atoms with Gasteiger partial charge in [0.05, 0.1) is 30.6 Å². The second kappa shape index (κ2) is 14.3. The molecule has 0 aliphatic rings. The fraction of sp³-hybridized carbons (Fsp3) is 0.375. The number of nitrogens with one attached hydrogen (secondary N) is 1. The predicted molar refractivity (Wildman–Crippen MR) is 146 cm³/mol. The van der Waals surface area contributed by atoms with Gasteiger partial charge >= 0.3 is 0 Å². The third-order valence-corrected chi connectivity index (χ3v) is 6.31. The first-order chi connectivity index (χ1) is 17.5. The molecule has 0 saturated carbocycles. The zero-order chi connectivity index (χ0) is 29.2. The van der Waals surface area contributed by atoms with E-state index in [0.717, 1.165) is 10.6 Å². The summed E-state index contributed by atoms with van der Waals surface area (Å²) < 4.78 is 38.3. The van der Waals surface area contributed by atoms with E-state index in [1.165, 1.54) is 43.5 Å². The lowest BCUT2D eigenvalue weighted by Gasteiger charge is -2.20. The van der Waals surface area contributed by atoms with Crippen LogP contribution in [0.4, 0.5) is 4.39 Å². The number of amides is 1. The standard InChI is InChI=1S/C24H36FN7O5S/c1-14(2)23(29-15(3)32(4)38(5,36)37)20(22(26)16-6-8-17(25)9-7-16)11-10-18(33)12-19(34)13-21(35)30-31-24(27)28/h6-11,14,18-19,33-34H,3,12-13,26H2,1-2,4-5H3,(H,30,35)(H4,27,28,31)/b11-10+,22-20-,29-23?/t18-,19+/m0/s1. The number of rotatable bonds is 13. The summed E-state index contributed by atoms with van der Waals surface area (Å²) in [7, 11) is -2.34. The van der Waals surface area contributed by atoms with Gasteiger partial charge in [-0.1, -0.05) is 32.6 Å². The van der Waals surface area contributed by atoms with Crippen molar-refractivity contribution in [3.8, 4) is 0 Å². The molecule has 1 rings (SSSR count). The van der Waals surface area contributed by atoms with Crippen molar-refractivity contribution >= 4 is 33.3 Å². The summed E-state index contributed by atoms with van der Waals surface area (Å²) in [6.45, 7) is 7.33. The largest absolute Gasteiger partial charge is 0.398 e. The predicted octanol–water partition coefficient (Wildman–Crippen LogP) is 0.318. The summed E-state index contributed by atoms with van der Waals surface area (Å²) in [6, 6.07) is 5.38. The van der Waals surface area contributed by atoms with Gasteiger partial charge in [-0.25, -0.2) is 23.2 Å². The van der Waals surface area contributed by atoms with Crippen molar-refractivity contribution in [2.24, 2.45) is 33.2 Å². The highest BCUT2D eigenvalue weighted by Crippen LogP contribution is 2.23. The van der Waals surface area contributed by atoms with E-state index in [0.29, 0.717) is 16.8 Å². The SMILES string of the molecule is C=C(N=C(C(/C=C/[C@H](O)C[C@@H](O)CC(=O)NN=C(N)N)=C(\N)c1ccc(F)cc1)C(C)C)N(C)S(C)(=O)=O. The van der Waals surface area contributed by atoms with Gasteiger partial charge in [0.2, 0.25) is 21.9 Å². The number of benzene rings is 1. The number of halogens is 1. The number of hydrazone groups is 1. The van der Waals surface area contributed by atoms with E-state index in [1.54, 1.807) is 13.8 Å². The lowest BCUT2D eigenvalue weighted by Crippen LogP contribution is -2.31. The fourth-order valence-corrected chi connectivity index (χ4v) is 3.46. The van der Waals surface area contributed by atoms with Crippen molar-refractivity contribution in [3.63, 3.8) is 0 Å². The molecule has 0 aliphatic carbocycles. The van der Waals surface area contributed by atoms with Gasteiger partial charge in [-0.2, -0.15) is 0 Å². The molecule has 1 aromatic rings. The van der Waals surface area contributed by atoms with Crippen LogP contribution < -0.4 is 22.6 Å². The Hall–Kier alpha value is -3.75. The fourth-order valence-electron chi connectivity index (χ4n) is 3.03. The van der Waals surface area contributed by atoms with Gasteiger partial charge in [0.25, 0.3) is 0 Å². The number of nitrogens with zero attached hydrogens (tertiary/aromatic N) is 3. The molecule has 0 radical (unpaired) electrons. The van der Waals surface area contributed by atoms with Gasteiger partial charge < -0.3 is 27.4 Å². The molecule has 0 bridgehead atoms. The topological polar surface area (TPSA) is 210 Å². The van der Waals surface area contributed by atoms with E-state index in [-0.39, 0.29) is 36.2 Å². The van der Waals surface area contributed by atoms with Crippen LogP contribution >= 0.6 is 0 Å². The number of nitrogens with two attached hydrogens (primary N) is 3. The second-order valence-electron chi connectivity index (χ2n) is 8.72. The van der Waals surface area contributed by atoms with Crippen LogP contribution in [0.3, 0.4) is 0 Å². The molecule has 9 N–H and O–H groups in total. The molecule has 12 nitrogen and oxygen atoms in total. The number of sulfonamides is 1. The van der Waals surface area contributed by atoms with E-state index in [2.05, 4.69) is 22.1 Å². The number of guanidine groups is 1. The molecule has 0 saturated heterocycles. The molecule has 1 amide bonds. The summed E-state index contributed by atoms with van der Waals surface area (Å²) in [4.78, 5) is 16.2. The van der Waals surface area contributed by atoms with Crippen molar-refractivity contribution in [2.45, 2.75) is 38.9 Å². The first-order valence-corrected chi connectivity index (χ1v) is 13.3. The van der Waals surface area contributed by atoms with Crippen molar-refractivity contribution < 1.29 is 27.8 Å². The van der Waals surface area contributed by atoms with E-state index < -0.39 is 34.0 Å². The minimum atomic E-state index is -3.64. The molecular formula is C24H36FN7O5S. The van der Waals surface area contributed by atoms with Gasteiger partial charge in [0, 0.05) is 24.7 Å². The summed E-state index contributed by atoms with van der Waals surface area (Å²) in [5.74, 6) is -1.85. The highest BCUT2D eigenvalue weighted by molar-refractivity contribution is 7.88. The molecule has 0 aromatic heterocycles. The smallest absolute Gasteiger partial charge is 0.242 e. The van der Waals surface area contributed by atoms with E-state index >= 15 is 0 Å². The molecule has 0 heterocycles. The highest BCUT2D eigenvalue weighted by Gasteiger charge is 2.20. The number of aliphatic hydroxyl groups is 2. The molecular weight excluding hydrogens is 517 g/mol. The molecule has 0 spiro atoms. The van der Waals surface area contributed by atoms with Crippen LogP contribution in [0, 0.1) is 11.7 Å². The Bertz CT molecular complexity index is 1220. The number of hydrogen-bond acceptors (Lipinski definition) is 8. The minimum absolute atomic E-state index is 0.0724. The Morgan fingerprint density at radius 2 is 1.79 bits per heavy atom. The third-order valence-electron chi connectivity index (χ3n) is 5.11. The quantitative estimate of drug-likeness (QED) is 0.0864. The van der Waals surface area contributed by atoms with Crippen LogP contribution in [-0.2, 0) is 14.8 Å². The summed E-state index contributed by atoms with van der Waals surface area (Å²) in [6.07, 6.45) is 0.766. The average molecular weight is 554 g/mol. The van der Waals surface area contributed by atoms with Crippen LogP contribution in [0.1, 0.15) is 32.3 Å². The van der Waals surface area contributed by atoms with Gasteiger partial charge in [0.15, 0.2) is 0 Å². The first-order valence-electron chi connectivity index (χ1n) is 11.4. The Labute approximate surface area is 222 Å². The Kier molecular flexibility index (Phi) is 12.1. The zero-order valence-corrected chi connectivity index (χ0v) is 22.6. The molecule has 2 atom stereocenters. The van der Waals surface area contributed by atoms with E-state index in [9.17, 15) is 27.8 Å². The van der Waals surface area contributed by atoms with Crippen molar-refractivity contribution in [1.82, 2.24) is 9.73 Å². The average Bonchev–Trinajstić information content (AvgIpc) is 2.80. The van der Waals surface area contributed by atoms with E-state index in [1.807, 2.05) is 0 Å². The maximum atomic E-state index is 13.5. The Balaban J connectivity index is 3.39. The molecule has 14 heteroatoms. The maximum Gasteiger partial charge on any atom is 0.242 e. The van der Waals surface area contributed by atoms with Crippen molar-refractivity contribution in [3.05, 3.63) is 65.8 Å². The van der Waals surface area contributed by atoms with Crippen LogP contribution in [-0.4, -0.2) is 66.0 Å². The minimum Gasteiger partial charge on any atom is -0.398 e. The molecule has 1 aromatic carbocycles. The molecule has 0 fully saturated rings. The summed E-state index contributed by atoms with van der Waals surface area (Å²) >= 11 is 0. The highest BCUT2D eigenvalue weighted by atomic mass is 32.2. The summed E-state index contributed by atoms with van der Waals surface area (Å²) in [5.41, 5.74) is 20.0. The van der Waals surface area contributed by atoms with Gasteiger partial charge in [-0.15, -0.1) is 5.10 Å². The van der Waals surface area contributed by atoms with Crippen molar-refractivity contribution in [2.75, 3.05) is 13.3 Å². The van der Waals surface area contributed by atoms with Gasteiger partial charge in [0.1, 0.15) is 11.6 Å². The Morgan fingerprint density at radius 1 is 1.21 bits per heavy atom. The molecule has 38 heavy (non-hydrogen) atoms.